The number of amides is 1. The lowest BCUT2D eigenvalue weighted by atomic mass is 9.79. The van der Waals surface area contributed by atoms with Crippen LogP contribution in [0.15, 0.2) is 24.3 Å². The van der Waals surface area contributed by atoms with E-state index in [9.17, 15) is 4.79 Å². The maximum Gasteiger partial charge on any atom is 0.241 e. The molecule has 1 heterocycles. The zero-order chi connectivity index (χ0) is 15.6. The van der Waals surface area contributed by atoms with Gasteiger partial charge in [-0.3, -0.25) is 9.69 Å². The molecule has 2 unspecified atom stereocenters. The van der Waals surface area contributed by atoms with E-state index in [1.165, 1.54) is 0 Å². The van der Waals surface area contributed by atoms with Crippen molar-refractivity contribution in [2.75, 3.05) is 18.4 Å². The van der Waals surface area contributed by atoms with E-state index >= 15 is 0 Å². The number of anilines is 1. The first-order chi connectivity index (χ1) is 9.81. The van der Waals surface area contributed by atoms with Crippen LogP contribution in [0.3, 0.4) is 0 Å². The number of carbonyl (C=O) groups is 1. The van der Waals surface area contributed by atoms with E-state index in [1.54, 1.807) is 6.07 Å². The minimum absolute atomic E-state index is 0.0250. The lowest BCUT2D eigenvalue weighted by Crippen LogP contribution is -2.56. The van der Waals surface area contributed by atoms with Crippen LogP contribution in [0.25, 0.3) is 0 Å². The Morgan fingerprint density at radius 2 is 2.14 bits per heavy atom. The van der Waals surface area contributed by atoms with E-state index in [0.29, 0.717) is 10.7 Å². The van der Waals surface area contributed by atoms with Crippen molar-refractivity contribution in [3.05, 3.63) is 29.3 Å². The molecule has 1 aromatic rings. The van der Waals surface area contributed by atoms with Gasteiger partial charge in [0.05, 0.1) is 16.8 Å². The van der Waals surface area contributed by atoms with Crippen molar-refractivity contribution in [3.63, 3.8) is 0 Å². The van der Waals surface area contributed by atoms with Crippen LogP contribution in [0.4, 0.5) is 5.69 Å². The quantitative estimate of drug-likeness (QED) is 0.902. The number of nitrogens with two attached hydrogens (primary N) is 1. The first kappa shape index (κ1) is 16.3. The molecule has 2 atom stereocenters. The fourth-order valence-electron chi connectivity index (χ4n) is 2.71. The lowest BCUT2D eigenvalue weighted by Gasteiger charge is -2.44. The van der Waals surface area contributed by atoms with Crippen LogP contribution in [0.2, 0.25) is 5.02 Å². The van der Waals surface area contributed by atoms with Crippen molar-refractivity contribution in [1.82, 2.24) is 4.90 Å². The second-order valence-corrected chi connectivity index (χ2v) is 6.91. The molecule has 3 N–H and O–H groups in total. The van der Waals surface area contributed by atoms with Gasteiger partial charge in [-0.15, -0.1) is 0 Å². The van der Waals surface area contributed by atoms with E-state index in [2.05, 4.69) is 24.1 Å². The van der Waals surface area contributed by atoms with Gasteiger partial charge in [0.25, 0.3) is 0 Å². The molecule has 2 rings (SSSR count). The summed E-state index contributed by atoms with van der Waals surface area (Å²) in [4.78, 5) is 14.6. The molecule has 21 heavy (non-hydrogen) atoms. The van der Waals surface area contributed by atoms with E-state index < -0.39 is 0 Å². The van der Waals surface area contributed by atoms with Crippen molar-refractivity contribution in [3.8, 4) is 0 Å². The highest BCUT2D eigenvalue weighted by atomic mass is 35.5. The number of nitrogens with one attached hydrogen (secondary N) is 1. The molecule has 1 aliphatic heterocycles. The van der Waals surface area contributed by atoms with Gasteiger partial charge in [-0.05, 0) is 30.9 Å². The van der Waals surface area contributed by atoms with Crippen LogP contribution < -0.4 is 11.1 Å². The van der Waals surface area contributed by atoms with Gasteiger partial charge in [0, 0.05) is 19.1 Å². The average Bonchev–Trinajstić information content (AvgIpc) is 2.43. The smallest absolute Gasteiger partial charge is 0.241 e. The summed E-state index contributed by atoms with van der Waals surface area (Å²) in [5.41, 5.74) is 6.83. The molecule has 1 fully saturated rings. The molecule has 1 amide bonds. The van der Waals surface area contributed by atoms with Crippen LogP contribution >= 0.6 is 11.6 Å². The van der Waals surface area contributed by atoms with E-state index in [1.807, 2.05) is 25.1 Å². The summed E-state index contributed by atoms with van der Waals surface area (Å²) in [5.74, 6) is -0.0330. The lowest BCUT2D eigenvalue weighted by molar-refractivity contribution is -0.122. The highest BCUT2D eigenvalue weighted by molar-refractivity contribution is 6.33. The maximum absolute atomic E-state index is 12.4. The van der Waals surface area contributed by atoms with Crippen LogP contribution in [0.5, 0.6) is 0 Å². The number of rotatable bonds is 3. The predicted molar refractivity (Wildman–Crippen MR) is 87.5 cm³/mol. The number of likely N-dealkylation sites (tertiary alicyclic amines) is 1. The third kappa shape index (κ3) is 3.76. The number of para-hydroxylation sites is 1. The molecule has 5 heteroatoms. The largest absolute Gasteiger partial charge is 0.327 e. The van der Waals surface area contributed by atoms with Crippen LogP contribution in [0, 0.1) is 5.41 Å². The Hall–Kier alpha value is -1.10. The van der Waals surface area contributed by atoms with Gasteiger partial charge in [0.15, 0.2) is 0 Å². The molecular formula is C16H24ClN3O. The standard InChI is InChI=1S/C16H24ClN3O/c1-11(20-9-8-14(18)16(2,3)10-20)15(21)19-13-7-5-4-6-12(13)17/h4-7,11,14H,8-10,18H2,1-3H3,(H,19,21). The van der Waals surface area contributed by atoms with Gasteiger partial charge in [-0.1, -0.05) is 37.6 Å². The summed E-state index contributed by atoms with van der Waals surface area (Å²) in [7, 11) is 0. The van der Waals surface area contributed by atoms with Crippen molar-refractivity contribution in [2.24, 2.45) is 11.1 Å². The summed E-state index contributed by atoms with van der Waals surface area (Å²) in [6, 6.07) is 7.26. The number of benzene rings is 1. The highest BCUT2D eigenvalue weighted by Crippen LogP contribution is 2.29. The molecule has 0 saturated carbocycles. The molecule has 1 aromatic carbocycles. The van der Waals surface area contributed by atoms with Gasteiger partial charge in [-0.25, -0.2) is 0 Å². The van der Waals surface area contributed by atoms with Crippen molar-refractivity contribution < 1.29 is 4.79 Å². The van der Waals surface area contributed by atoms with Crippen molar-refractivity contribution >= 4 is 23.2 Å². The first-order valence-corrected chi connectivity index (χ1v) is 7.74. The van der Waals surface area contributed by atoms with E-state index in [-0.39, 0.29) is 23.4 Å². The second kappa shape index (κ2) is 6.34. The third-order valence-electron chi connectivity index (χ3n) is 4.40. The van der Waals surface area contributed by atoms with Gasteiger partial charge in [0.2, 0.25) is 5.91 Å². The normalized spacial score (nSPS) is 23.6. The Labute approximate surface area is 131 Å². The second-order valence-electron chi connectivity index (χ2n) is 6.50. The van der Waals surface area contributed by atoms with E-state index in [4.69, 9.17) is 17.3 Å². The fourth-order valence-corrected chi connectivity index (χ4v) is 2.89. The summed E-state index contributed by atoms with van der Waals surface area (Å²) < 4.78 is 0. The summed E-state index contributed by atoms with van der Waals surface area (Å²) >= 11 is 6.08. The molecule has 4 nitrogen and oxygen atoms in total. The molecule has 0 bridgehead atoms. The summed E-state index contributed by atoms with van der Waals surface area (Å²) in [5, 5.41) is 3.46. The highest BCUT2D eigenvalue weighted by Gasteiger charge is 2.36. The zero-order valence-electron chi connectivity index (χ0n) is 12.9. The van der Waals surface area contributed by atoms with Crippen molar-refractivity contribution in [2.45, 2.75) is 39.3 Å². The Bertz CT molecular complexity index is 518. The molecule has 0 aromatic heterocycles. The summed E-state index contributed by atoms with van der Waals surface area (Å²) in [6.07, 6.45) is 0.913. The number of piperidine rings is 1. The Kier molecular flexibility index (Phi) is 4.91. The van der Waals surface area contributed by atoms with E-state index in [0.717, 1.165) is 19.5 Å². The third-order valence-corrected chi connectivity index (χ3v) is 4.73. The Balaban J connectivity index is 2.01. The van der Waals surface area contributed by atoms with Crippen LogP contribution in [0.1, 0.15) is 27.2 Å². The minimum Gasteiger partial charge on any atom is -0.327 e. The zero-order valence-corrected chi connectivity index (χ0v) is 13.7. The first-order valence-electron chi connectivity index (χ1n) is 7.36. The molecule has 116 valence electrons. The topological polar surface area (TPSA) is 58.4 Å². The molecule has 1 saturated heterocycles. The van der Waals surface area contributed by atoms with Crippen LogP contribution in [-0.4, -0.2) is 36.0 Å². The monoisotopic (exact) mass is 309 g/mol. The Morgan fingerprint density at radius 1 is 1.48 bits per heavy atom. The molecule has 0 radical (unpaired) electrons. The Morgan fingerprint density at radius 3 is 2.76 bits per heavy atom. The summed E-state index contributed by atoms with van der Waals surface area (Å²) in [6.45, 7) is 7.91. The number of halogens is 1. The predicted octanol–water partition coefficient (Wildman–Crippen LogP) is 2.73. The van der Waals surface area contributed by atoms with Gasteiger partial charge in [-0.2, -0.15) is 0 Å². The van der Waals surface area contributed by atoms with Crippen LogP contribution in [-0.2, 0) is 4.79 Å². The minimum atomic E-state index is -0.201. The number of hydrogen-bond donors (Lipinski definition) is 2. The van der Waals surface area contributed by atoms with Crippen molar-refractivity contribution in [1.29, 1.82) is 0 Å². The van der Waals surface area contributed by atoms with Gasteiger partial charge in [0.1, 0.15) is 0 Å². The molecule has 1 aliphatic rings. The number of hydrogen-bond acceptors (Lipinski definition) is 3. The molecule has 0 spiro atoms. The molecular weight excluding hydrogens is 286 g/mol. The fraction of sp³-hybridized carbons (Fsp3) is 0.562. The number of carbonyl (C=O) groups excluding carboxylic acids is 1. The molecule has 0 aliphatic carbocycles. The van der Waals surface area contributed by atoms with Gasteiger partial charge < -0.3 is 11.1 Å². The number of nitrogens with zero attached hydrogens (tertiary/aromatic N) is 1. The average molecular weight is 310 g/mol. The SMILES string of the molecule is CC(C(=O)Nc1ccccc1Cl)N1CCC(N)C(C)(C)C1. The van der Waals surface area contributed by atoms with Gasteiger partial charge >= 0.3 is 0 Å². The maximum atomic E-state index is 12.4.